The zero-order chi connectivity index (χ0) is 12.1. The lowest BCUT2D eigenvalue weighted by Crippen LogP contribution is -2.08. The summed E-state index contributed by atoms with van der Waals surface area (Å²) in [5.74, 6) is 0.610. The molecule has 1 rings (SSSR count). The van der Waals surface area contributed by atoms with Gasteiger partial charge in [-0.1, -0.05) is 0 Å². The molecule has 1 aromatic carbocycles. The molecular weight excluding hydrogens is 210 g/mol. The van der Waals surface area contributed by atoms with Gasteiger partial charge in [-0.3, -0.25) is 9.59 Å². The Morgan fingerprint density at radius 2 is 1.88 bits per heavy atom. The molecule has 1 aromatic rings. The van der Waals surface area contributed by atoms with Gasteiger partial charge in [0.25, 0.3) is 0 Å². The number of rotatable bonds is 4. The minimum Gasteiger partial charge on any atom is -0.496 e. The molecule has 1 N–H and O–H groups in total. The molecule has 0 unspecified atom stereocenters. The second kappa shape index (κ2) is 5.16. The number of amides is 1. The summed E-state index contributed by atoms with van der Waals surface area (Å²) in [5.41, 5.74) is 0.796. The van der Waals surface area contributed by atoms with E-state index in [4.69, 9.17) is 9.47 Å². The van der Waals surface area contributed by atoms with E-state index in [1.165, 1.54) is 27.2 Å². The molecule has 0 fully saturated rings. The Balaban J connectivity index is 3.25. The van der Waals surface area contributed by atoms with Gasteiger partial charge in [-0.05, 0) is 6.07 Å². The standard InChI is InChI=1S/C11H13NO4/c1-7(14)12-9-4-8(6-13)10(15-2)5-11(9)16-3/h4-6H,1-3H3,(H,12,14). The second-order valence-electron chi connectivity index (χ2n) is 3.09. The van der Waals surface area contributed by atoms with E-state index in [1.807, 2.05) is 0 Å². The highest BCUT2D eigenvalue weighted by atomic mass is 16.5. The molecule has 0 saturated heterocycles. The van der Waals surface area contributed by atoms with Crippen molar-refractivity contribution in [3.63, 3.8) is 0 Å². The van der Waals surface area contributed by atoms with E-state index in [0.717, 1.165) is 0 Å². The number of hydrogen-bond acceptors (Lipinski definition) is 4. The van der Waals surface area contributed by atoms with Gasteiger partial charge in [-0.15, -0.1) is 0 Å². The van der Waals surface area contributed by atoms with Crippen LogP contribution >= 0.6 is 0 Å². The first-order chi connectivity index (χ1) is 7.62. The quantitative estimate of drug-likeness (QED) is 0.785. The molecule has 5 nitrogen and oxygen atoms in total. The van der Waals surface area contributed by atoms with Crippen molar-refractivity contribution in [2.45, 2.75) is 6.92 Å². The number of benzene rings is 1. The third-order valence-electron chi connectivity index (χ3n) is 1.99. The molecule has 0 bridgehead atoms. The highest BCUT2D eigenvalue weighted by molar-refractivity contribution is 5.93. The predicted octanol–water partition coefficient (Wildman–Crippen LogP) is 1.47. The molecule has 16 heavy (non-hydrogen) atoms. The van der Waals surface area contributed by atoms with Crippen LogP contribution in [0.1, 0.15) is 17.3 Å². The van der Waals surface area contributed by atoms with Crippen LogP contribution in [0.3, 0.4) is 0 Å². The predicted molar refractivity (Wildman–Crippen MR) is 59.2 cm³/mol. The van der Waals surface area contributed by atoms with E-state index in [-0.39, 0.29) is 5.91 Å². The fraction of sp³-hybridized carbons (Fsp3) is 0.273. The van der Waals surface area contributed by atoms with Crippen LogP contribution in [0.15, 0.2) is 12.1 Å². The highest BCUT2D eigenvalue weighted by Crippen LogP contribution is 2.32. The molecule has 0 aliphatic heterocycles. The summed E-state index contributed by atoms with van der Waals surface area (Å²) in [7, 11) is 2.93. The molecule has 0 spiro atoms. The second-order valence-corrected chi connectivity index (χ2v) is 3.09. The number of aldehydes is 1. The number of carbonyl (C=O) groups is 2. The molecule has 0 heterocycles. The summed E-state index contributed by atoms with van der Waals surface area (Å²) in [6, 6.07) is 3.06. The fourth-order valence-electron chi connectivity index (χ4n) is 1.30. The first-order valence-corrected chi connectivity index (χ1v) is 4.61. The van der Waals surface area contributed by atoms with Gasteiger partial charge in [-0.2, -0.15) is 0 Å². The summed E-state index contributed by atoms with van der Waals surface area (Å²) < 4.78 is 10.1. The fourth-order valence-corrected chi connectivity index (χ4v) is 1.30. The van der Waals surface area contributed by atoms with Crippen molar-refractivity contribution in [2.24, 2.45) is 0 Å². The van der Waals surface area contributed by atoms with Gasteiger partial charge >= 0.3 is 0 Å². The van der Waals surface area contributed by atoms with Crippen LogP contribution in [0.2, 0.25) is 0 Å². The van der Waals surface area contributed by atoms with Crippen LogP contribution in [-0.2, 0) is 4.79 Å². The Morgan fingerprint density at radius 1 is 1.25 bits per heavy atom. The molecule has 0 aromatic heterocycles. The SMILES string of the molecule is COc1cc(OC)c(NC(C)=O)cc1C=O. The largest absolute Gasteiger partial charge is 0.496 e. The van der Waals surface area contributed by atoms with E-state index in [2.05, 4.69) is 5.32 Å². The van der Waals surface area contributed by atoms with Crippen molar-refractivity contribution < 1.29 is 19.1 Å². The molecule has 0 saturated carbocycles. The minimum absolute atomic E-state index is 0.236. The smallest absolute Gasteiger partial charge is 0.221 e. The first-order valence-electron chi connectivity index (χ1n) is 4.61. The van der Waals surface area contributed by atoms with Crippen molar-refractivity contribution >= 4 is 17.9 Å². The van der Waals surface area contributed by atoms with Gasteiger partial charge in [-0.25, -0.2) is 0 Å². The van der Waals surface area contributed by atoms with E-state index in [9.17, 15) is 9.59 Å². The lowest BCUT2D eigenvalue weighted by Gasteiger charge is -2.12. The number of methoxy groups -OCH3 is 2. The minimum atomic E-state index is -0.236. The molecule has 1 amide bonds. The van der Waals surface area contributed by atoms with Crippen molar-refractivity contribution in [3.05, 3.63) is 17.7 Å². The average Bonchev–Trinajstić information content (AvgIpc) is 2.27. The van der Waals surface area contributed by atoms with Crippen LogP contribution < -0.4 is 14.8 Å². The molecule has 0 aliphatic carbocycles. The number of ether oxygens (including phenoxy) is 2. The van der Waals surface area contributed by atoms with Gasteiger partial charge in [0.1, 0.15) is 11.5 Å². The Labute approximate surface area is 93.4 Å². The van der Waals surface area contributed by atoms with Crippen molar-refractivity contribution in [3.8, 4) is 11.5 Å². The lowest BCUT2D eigenvalue weighted by molar-refractivity contribution is -0.114. The van der Waals surface area contributed by atoms with Crippen LogP contribution in [0.25, 0.3) is 0 Å². The number of carbonyl (C=O) groups excluding carboxylic acids is 2. The molecule has 0 aliphatic rings. The topological polar surface area (TPSA) is 64.6 Å². The van der Waals surface area contributed by atoms with Gasteiger partial charge < -0.3 is 14.8 Å². The van der Waals surface area contributed by atoms with Gasteiger partial charge in [0.15, 0.2) is 6.29 Å². The summed E-state index contributed by atoms with van der Waals surface area (Å²) in [4.78, 5) is 21.7. The van der Waals surface area contributed by atoms with E-state index >= 15 is 0 Å². The van der Waals surface area contributed by atoms with Crippen molar-refractivity contribution in [1.29, 1.82) is 0 Å². The number of anilines is 1. The van der Waals surface area contributed by atoms with Crippen LogP contribution in [0.5, 0.6) is 11.5 Å². The number of hydrogen-bond donors (Lipinski definition) is 1. The van der Waals surface area contributed by atoms with Crippen LogP contribution in [-0.4, -0.2) is 26.4 Å². The maximum Gasteiger partial charge on any atom is 0.221 e. The monoisotopic (exact) mass is 223 g/mol. The van der Waals surface area contributed by atoms with E-state index < -0.39 is 0 Å². The molecule has 0 atom stereocenters. The van der Waals surface area contributed by atoms with Gasteiger partial charge in [0, 0.05) is 13.0 Å². The zero-order valence-electron chi connectivity index (χ0n) is 9.37. The Bertz CT molecular complexity index is 415. The first kappa shape index (κ1) is 12.0. The van der Waals surface area contributed by atoms with E-state index in [1.54, 1.807) is 6.07 Å². The zero-order valence-corrected chi connectivity index (χ0v) is 9.37. The Kier molecular flexibility index (Phi) is 3.88. The molecular formula is C11H13NO4. The highest BCUT2D eigenvalue weighted by Gasteiger charge is 2.11. The molecule has 86 valence electrons. The summed E-state index contributed by atoms with van der Waals surface area (Å²) in [6.45, 7) is 1.38. The van der Waals surface area contributed by atoms with Gasteiger partial charge in [0.05, 0.1) is 25.5 Å². The molecule has 5 heteroatoms. The van der Waals surface area contributed by atoms with Crippen molar-refractivity contribution in [1.82, 2.24) is 0 Å². The summed E-state index contributed by atoms with van der Waals surface area (Å²) >= 11 is 0. The Morgan fingerprint density at radius 3 is 2.31 bits per heavy atom. The lowest BCUT2D eigenvalue weighted by atomic mass is 10.1. The van der Waals surface area contributed by atoms with E-state index in [0.29, 0.717) is 29.0 Å². The Hall–Kier alpha value is -2.04. The third kappa shape index (κ3) is 2.50. The van der Waals surface area contributed by atoms with Crippen LogP contribution in [0.4, 0.5) is 5.69 Å². The van der Waals surface area contributed by atoms with Gasteiger partial charge in [0.2, 0.25) is 5.91 Å². The maximum atomic E-state index is 10.9. The normalized spacial score (nSPS) is 9.44. The maximum absolute atomic E-state index is 10.9. The average molecular weight is 223 g/mol. The number of nitrogens with one attached hydrogen (secondary N) is 1. The molecule has 0 radical (unpaired) electrons. The van der Waals surface area contributed by atoms with Crippen LogP contribution in [0, 0.1) is 0 Å². The summed E-state index contributed by atoms with van der Waals surface area (Å²) in [5, 5.41) is 2.57. The summed E-state index contributed by atoms with van der Waals surface area (Å²) in [6.07, 6.45) is 0.656. The third-order valence-corrected chi connectivity index (χ3v) is 1.99. The van der Waals surface area contributed by atoms with Crippen molar-refractivity contribution in [2.75, 3.05) is 19.5 Å².